The molecule has 40 heavy (non-hydrogen) atoms. The van der Waals surface area contributed by atoms with Crippen LogP contribution in [-0.4, -0.2) is 25.5 Å². The summed E-state index contributed by atoms with van der Waals surface area (Å²) in [6, 6.07) is 10.2. The second kappa shape index (κ2) is 15.9. The third kappa shape index (κ3) is 8.40. The Hall–Kier alpha value is -2.70. The van der Waals surface area contributed by atoms with E-state index in [2.05, 4.69) is 27.7 Å². The first kappa shape index (κ1) is 31.8. The summed E-state index contributed by atoms with van der Waals surface area (Å²) in [7, 11) is 0. The molecule has 0 saturated heterocycles. The zero-order chi connectivity index (χ0) is 29.1. The lowest BCUT2D eigenvalue weighted by Crippen LogP contribution is -2.18. The van der Waals surface area contributed by atoms with Crippen LogP contribution in [0.4, 0.5) is 9.59 Å². The highest BCUT2D eigenvalue weighted by atomic mass is 35.5. The van der Waals surface area contributed by atoms with E-state index in [-0.39, 0.29) is 36.5 Å². The van der Waals surface area contributed by atoms with Gasteiger partial charge in [-0.15, -0.1) is 0 Å². The summed E-state index contributed by atoms with van der Waals surface area (Å²) in [5, 5.41) is 2.63. The van der Waals surface area contributed by atoms with Gasteiger partial charge in [0.2, 0.25) is 0 Å². The maximum absolute atomic E-state index is 12.9. The summed E-state index contributed by atoms with van der Waals surface area (Å²) in [6.07, 6.45) is 6.46. The fourth-order valence-electron chi connectivity index (χ4n) is 4.74. The molecule has 0 amide bonds. The normalized spacial score (nSPS) is 12.8. The molecule has 3 aromatic rings. The number of benzene rings is 3. The second-order valence-corrected chi connectivity index (χ2v) is 11.0. The van der Waals surface area contributed by atoms with Crippen molar-refractivity contribution in [3.8, 4) is 11.5 Å². The van der Waals surface area contributed by atoms with E-state index in [4.69, 9.17) is 42.1 Å². The monoisotopic (exact) mass is 590 g/mol. The van der Waals surface area contributed by atoms with Crippen LogP contribution < -0.4 is 9.47 Å². The lowest BCUT2D eigenvalue weighted by atomic mass is 10.0. The van der Waals surface area contributed by atoms with E-state index in [1.165, 1.54) is 0 Å². The molecule has 0 aliphatic heterocycles. The fourth-order valence-corrected chi connectivity index (χ4v) is 5.17. The molecular formula is C32H40Cl2O6. The molecular weight excluding hydrogens is 551 g/mol. The largest absolute Gasteiger partial charge is 0.513 e. The second-order valence-electron chi connectivity index (χ2n) is 10.2. The Morgan fingerprint density at radius 2 is 1.30 bits per heavy atom. The predicted octanol–water partition coefficient (Wildman–Crippen LogP) is 10.8. The number of fused-ring (bicyclic) bond motifs is 2. The highest BCUT2D eigenvalue weighted by Gasteiger charge is 2.24. The van der Waals surface area contributed by atoms with E-state index in [1.54, 1.807) is 36.4 Å². The number of hydrogen-bond acceptors (Lipinski definition) is 6. The molecule has 0 aromatic heterocycles. The van der Waals surface area contributed by atoms with Gasteiger partial charge in [0, 0.05) is 26.6 Å². The zero-order valence-electron chi connectivity index (χ0n) is 23.9. The highest BCUT2D eigenvalue weighted by molar-refractivity contribution is 6.38. The lowest BCUT2D eigenvalue weighted by Gasteiger charge is -2.19. The Bertz CT molecular complexity index is 1290. The Kier molecular flexibility index (Phi) is 12.7. The van der Waals surface area contributed by atoms with Gasteiger partial charge in [-0.05, 0) is 48.9 Å². The van der Waals surface area contributed by atoms with Crippen molar-refractivity contribution in [1.29, 1.82) is 0 Å². The van der Waals surface area contributed by atoms with Crippen LogP contribution in [0.2, 0.25) is 10.0 Å². The molecule has 0 aliphatic carbocycles. The average molecular weight is 592 g/mol. The van der Waals surface area contributed by atoms with Gasteiger partial charge in [0.05, 0.1) is 18.2 Å². The number of unbranched alkanes of at least 4 members (excludes halogenated alkanes) is 2. The maximum Gasteiger partial charge on any atom is 0.513 e. The van der Waals surface area contributed by atoms with Gasteiger partial charge in [-0.25, -0.2) is 9.59 Å². The Labute approximate surface area is 247 Å². The van der Waals surface area contributed by atoms with E-state index < -0.39 is 12.3 Å². The van der Waals surface area contributed by atoms with E-state index in [1.807, 2.05) is 0 Å². The van der Waals surface area contributed by atoms with Crippen LogP contribution in [0.15, 0.2) is 36.4 Å². The van der Waals surface area contributed by atoms with Crippen molar-refractivity contribution in [3.05, 3.63) is 46.4 Å². The van der Waals surface area contributed by atoms with Crippen LogP contribution in [-0.2, 0) is 9.47 Å². The van der Waals surface area contributed by atoms with Crippen molar-refractivity contribution in [1.82, 2.24) is 0 Å². The van der Waals surface area contributed by atoms with Crippen LogP contribution in [0.25, 0.3) is 21.5 Å². The van der Waals surface area contributed by atoms with E-state index >= 15 is 0 Å². The van der Waals surface area contributed by atoms with E-state index in [0.717, 1.165) is 51.4 Å². The number of carbonyl (C=O) groups is 2. The highest BCUT2D eigenvalue weighted by Crippen LogP contribution is 2.46. The topological polar surface area (TPSA) is 71.1 Å². The minimum Gasteiger partial charge on any atom is -0.434 e. The minimum atomic E-state index is -0.821. The van der Waals surface area contributed by atoms with Crippen molar-refractivity contribution in [2.24, 2.45) is 11.8 Å². The number of hydrogen-bond donors (Lipinski definition) is 0. The van der Waals surface area contributed by atoms with Gasteiger partial charge in [0.25, 0.3) is 0 Å². The predicted molar refractivity (Wildman–Crippen MR) is 162 cm³/mol. The number of ether oxygens (including phenoxy) is 4. The molecule has 0 spiro atoms. The van der Waals surface area contributed by atoms with Crippen LogP contribution >= 0.6 is 23.2 Å². The first-order valence-electron chi connectivity index (χ1n) is 14.3. The maximum atomic E-state index is 12.9. The van der Waals surface area contributed by atoms with Crippen molar-refractivity contribution < 1.29 is 28.5 Å². The van der Waals surface area contributed by atoms with E-state index in [0.29, 0.717) is 31.6 Å². The quantitative estimate of drug-likeness (QED) is 0.106. The molecule has 2 atom stereocenters. The minimum absolute atomic E-state index is 0.213. The van der Waals surface area contributed by atoms with Gasteiger partial charge < -0.3 is 18.9 Å². The molecule has 0 saturated carbocycles. The van der Waals surface area contributed by atoms with Crippen LogP contribution in [0, 0.1) is 11.8 Å². The van der Waals surface area contributed by atoms with Crippen molar-refractivity contribution in [2.45, 2.75) is 79.1 Å². The molecule has 3 aromatic carbocycles. The first-order chi connectivity index (χ1) is 19.3. The first-order valence-corrected chi connectivity index (χ1v) is 15.1. The number of halogens is 2. The van der Waals surface area contributed by atoms with Gasteiger partial charge in [0.15, 0.2) is 11.5 Å². The van der Waals surface area contributed by atoms with Crippen molar-refractivity contribution in [2.75, 3.05) is 13.2 Å². The standard InChI is InChI=1S/C32H40Cl2O6/c1-5-9-12-21(7-3)19-37-31(35)39-29-25-14-11-15-27(34)28(25)30(24-17-16-23(33)18-26(24)29)40-32(36)38-20-22(8-4)13-10-6-2/h11,14-18,21-22H,5-10,12-13,19-20H2,1-4H3. The van der Waals surface area contributed by atoms with Gasteiger partial charge in [-0.1, -0.05) is 102 Å². The summed E-state index contributed by atoms with van der Waals surface area (Å²) < 4.78 is 22.6. The molecule has 0 bridgehead atoms. The molecule has 218 valence electrons. The summed E-state index contributed by atoms with van der Waals surface area (Å²) in [5.74, 6) is 0.971. The van der Waals surface area contributed by atoms with Crippen LogP contribution in [0.3, 0.4) is 0 Å². The summed E-state index contributed by atoms with van der Waals surface area (Å²) in [6.45, 7) is 8.98. The van der Waals surface area contributed by atoms with Gasteiger partial charge >= 0.3 is 12.3 Å². The molecule has 6 nitrogen and oxygen atoms in total. The lowest BCUT2D eigenvalue weighted by molar-refractivity contribution is 0.0805. The Balaban J connectivity index is 1.95. The molecule has 2 unspecified atom stereocenters. The van der Waals surface area contributed by atoms with Crippen molar-refractivity contribution >= 4 is 57.1 Å². The molecule has 0 fully saturated rings. The third-order valence-corrected chi connectivity index (χ3v) is 7.84. The molecule has 0 heterocycles. The Morgan fingerprint density at radius 1 is 0.725 bits per heavy atom. The molecule has 8 heteroatoms. The number of carbonyl (C=O) groups excluding carboxylic acids is 2. The zero-order valence-corrected chi connectivity index (χ0v) is 25.4. The number of rotatable bonds is 14. The van der Waals surface area contributed by atoms with Gasteiger partial charge in [-0.3, -0.25) is 0 Å². The van der Waals surface area contributed by atoms with Crippen LogP contribution in [0.1, 0.15) is 79.1 Å². The smallest absolute Gasteiger partial charge is 0.434 e. The van der Waals surface area contributed by atoms with Gasteiger partial charge in [0.1, 0.15) is 0 Å². The molecule has 3 rings (SSSR count). The average Bonchev–Trinajstić information content (AvgIpc) is 2.95. The SMILES string of the molecule is CCCCC(CC)COC(=O)Oc1c2cc(Cl)ccc2c(OC(=O)OCC(CC)CCCC)c2c(Cl)cccc12. The summed E-state index contributed by atoms with van der Waals surface area (Å²) in [4.78, 5) is 25.7. The third-order valence-electron chi connectivity index (χ3n) is 7.29. The molecule has 0 radical (unpaired) electrons. The van der Waals surface area contributed by atoms with Gasteiger partial charge in [-0.2, -0.15) is 0 Å². The molecule has 0 aliphatic rings. The summed E-state index contributed by atoms with van der Waals surface area (Å²) in [5.41, 5.74) is 0. The van der Waals surface area contributed by atoms with Crippen LogP contribution in [0.5, 0.6) is 11.5 Å². The molecule has 0 N–H and O–H groups in total. The summed E-state index contributed by atoms with van der Waals surface area (Å²) >= 11 is 13.0. The van der Waals surface area contributed by atoms with Crippen molar-refractivity contribution in [3.63, 3.8) is 0 Å². The Morgan fingerprint density at radius 3 is 1.85 bits per heavy atom. The van der Waals surface area contributed by atoms with E-state index in [9.17, 15) is 9.59 Å². The fraction of sp³-hybridized carbons (Fsp3) is 0.500.